The number of aliphatic carboxylic acids is 1. The zero-order valence-corrected chi connectivity index (χ0v) is 12.3. The number of nitrogens with zero attached hydrogens (tertiary/aromatic N) is 1. The lowest BCUT2D eigenvalue weighted by molar-refractivity contribution is -0.138. The Hall–Kier alpha value is -2.61. The molecular formula is C14H12N2O5S. The van der Waals surface area contributed by atoms with Gasteiger partial charge < -0.3 is 19.9 Å². The van der Waals surface area contributed by atoms with Crippen LogP contribution in [0.2, 0.25) is 0 Å². The number of carbonyl (C=O) groups excluding carboxylic acids is 1. The minimum absolute atomic E-state index is 0.186. The fourth-order valence-electron chi connectivity index (χ4n) is 1.87. The Labute approximate surface area is 129 Å². The van der Waals surface area contributed by atoms with Crippen molar-refractivity contribution in [2.24, 2.45) is 0 Å². The average Bonchev–Trinajstić information content (AvgIpc) is 3.15. The van der Waals surface area contributed by atoms with Gasteiger partial charge in [0, 0.05) is 10.9 Å². The lowest BCUT2D eigenvalue weighted by Crippen LogP contribution is -2.38. The molecule has 114 valence electrons. The second-order valence-electron chi connectivity index (χ2n) is 4.64. The average molecular weight is 320 g/mol. The monoisotopic (exact) mass is 320 g/mol. The smallest absolute Gasteiger partial charge is 0.325 e. The van der Waals surface area contributed by atoms with Crippen LogP contribution in [0, 0.1) is 0 Å². The summed E-state index contributed by atoms with van der Waals surface area (Å²) < 4.78 is 10.5. The Morgan fingerprint density at radius 1 is 1.36 bits per heavy atom. The van der Waals surface area contributed by atoms with Crippen molar-refractivity contribution in [1.82, 2.24) is 10.3 Å². The predicted molar refractivity (Wildman–Crippen MR) is 78.2 cm³/mol. The van der Waals surface area contributed by atoms with Gasteiger partial charge in [0.25, 0.3) is 5.91 Å². The number of thiazole rings is 1. The minimum Gasteiger partial charge on any atom is -0.480 e. The predicted octanol–water partition coefficient (Wildman–Crippen LogP) is 1.74. The molecule has 0 spiro atoms. The van der Waals surface area contributed by atoms with E-state index in [4.69, 9.17) is 14.6 Å². The molecule has 1 aromatic heterocycles. The highest BCUT2D eigenvalue weighted by atomic mass is 32.1. The highest BCUT2D eigenvalue weighted by Gasteiger charge is 2.19. The summed E-state index contributed by atoms with van der Waals surface area (Å²) in [5, 5.41) is 13.4. The summed E-state index contributed by atoms with van der Waals surface area (Å²) in [6.45, 7) is 1.59. The molecule has 1 aromatic carbocycles. The number of nitrogens with one attached hydrogen (secondary N) is 1. The van der Waals surface area contributed by atoms with Gasteiger partial charge in [0.05, 0.1) is 0 Å². The zero-order chi connectivity index (χ0) is 15.7. The second kappa shape index (κ2) is 5.64. The summed E-state index contributed by atoms with van der Waals surface area (Å²) in [6, 6.07) is 4.44. The van der Waals surface area contributed by atoms with E-state index >= 15 is 0 Å². The molecule has 0 aliphatic carbocycles. The van der Waals surface area contributed by atoms with Gasteiger partial charge in [-0.2, -0.15) is 0 Å². The van der Waals surface area contributed by atoms with E-state index in [0.29, 0.717) is 16.5 Å². The number of rotatable bonds is 4. The summed E-state index contributed by atoms with van der Waals surface area (Å²) in [6.07, 6.45) is 0. The molecule has 0 radical (unpaired) electrons. The molecule has 3 rings (SSSR count). The van der Waals surface area contributed by atoms with Crippen LogP contribution in [0.15, 0.2) is 23.6 Å². The Kier molecular flexibility index (Phi) is 3.68. The third-order valence-corrected chi connectivity index (χ3v) is 3.97. The van der Waals surface area contributed by atoms with Gasteiger partial charge in [-0.15, -0.1) is 11.3 Å². The summed E-state index contributed by atoms with van der Waals surface area (Å²) in [7, 11) is 0. The number of ether oxygens (including phenoxy) is 2. The van der Waals surface area contributed by atoms with Crippen molar-refractivity contribution in [2.75, 3.05) is 6.79 Å². The first-order valence-corrected chi connectivity index (χ1v) is 7.32. The highest BCUT2D eigenvalue weighted by Crippen LogP contribution is 2.36. The number of carboxylic acid groups (broad SMARTS) is 1. The van der Waals surface area contributed by atoms with Gasteiger partial charge in [0.1, 0.15) is 16.7 Å². The van der Waals surface area contributed by atoms with E-state index in [1.54, 1.807) is 17.5 Å². The minimum atomic E-state index is -1.10. The van der Waals surface area contributed by atoms with E-state index < -0.39 is 17.9 Å². The first-order chi connectivity index (χ1) is 10.5. The molecule has 0 unspecified atom stereocenters. The van der Waals surface area contributed by atoms with Crippen LogP contribution in [-0.2, 0) is 4.79 Å². The number of carboxylic acids is 1. The Morgan fingerprint density at radius 2 is 2.14 bits per heavy atom. The quantitative estimate of drug-likeness (QED) is 0.890. The molecule has 2 aromatic rings. The van der Waals surface area contributed by atoms with Gasteiger partial charge in [-0.05, 0) is 25.1 Å². The van der Waals surface area contributed by atoms with Gasteiger partial charge >= 0.3 is 5.97 Å². The summed E-state index contributed by atoms with van der Waals surface area (Å²) in [5.41, 5.74) is 0.991. The van der Waals surface area contributed by atoms with Crippen molar-refractivity contribution in [3.63, 3.8) is 0 Å². The lowest BCUT2D eigenvalue weighted by atomic mass is 10.2. The second-order valence-corrected chi connectivity index (χ2v) is 5.50. The van der Waals surface area contributed by atoms with Crippen molar-refractivity contribution in [3.05, 3.63) is 29.3 Å². The Bertz CT molecular complexity index is 743. The first-order valence-electron chi connectivity index (χ1n) is 6.44. The Morgan fingerprint density at radius 3 is 2.91 bits per heavy atom. The van der Waals surface area contributed by atoms with Crippen LogP contribution in [0.3, 0.4) is 0 Å². The number of amides is 1. The highest BCUT2D eigenvalue weighted by molar-refractivity contribution is 7.13. The molecule has 0 saturated heterocycles. The van der Waals surface area contributed by atoms with E-state index in [1.807, 2.05) is 6.07 Å². The number of hydrogen-bond acceptors (Lipinski definition) is 6. The van der Waals surface area contributed by atoms with Crippen LogP contribution in [0.4, 0.5) is 0 Å². The van der Waals surface area contributed by atoms with E-state index in [9.17, 15) is 9.59 Å². The fraction of sp³-hybridized carbons (Fsp3) is 0.214. The van der Waals surface area contributed by atoms with E-state index in [2.05, 4.69) is 10.3 Å². The van der Waals surface area contributed by atoms with Crippen LogP contribution in [0.1, 0.15) is 17.4 Å². The molecule has 1 aliphatic heterocycles. The SMILES string of the molecule is C[C@@H](NC(=O)c1csc(-c2ccc3c(c2)OCO3)n1)C(=O)O. The van der Waals surface area contributed by atoms with Crippen LogP contribution >= 0.6 is 11.3 Å². The molecule has 7 nitrogen and oxygen atoms in total. The molecule has 8 heteroatoms. The summed E-state index contributed by atoms with van der Waals surface area (Å²) in [5.74, 6) is -0.301. The zero-order valence-electron chi connectivity index (χ0n) is 11.5. The van der Waals surface area contributed by atoms with Crippen molar-refractivity contribution in [2.45, 2.75) is 13.0 Å². The van der Waals surface area contributed by atoms with E-state index in [0.717, 1.165) is 5.56 Å². The summed E-state index contributed by atoms with van der Waals surface area (Å²) in [4.78, 5) is 26.9. The maximum atomic E-state index is 11.9. The van der Waals surface area contributed by atoms with Crippen LogP contribution in [0.25, 0.3) is 10.6 Å². The van der Waals surface area contributed by atoms with Gasteiger partial charge in [-0.25, -0.2) is 4.98 Å². The number of benzene rings is 1. The molecule has 1 amide bonds. The van der Waals surface area contributed by atoms with Crippen LogP contribution < -0.4 is 14.8 Å². The molecule has 1 aliphatic rings. The van der Waals surface area contributed by atoms with E-state index in [-0.39, 0.29) is 12.5 Å². The number of carbonyl (C=O) groups is 2. The molecule has 0 saturated carbocycles. The van der Waals surface area contributed by atoms with Gasteiger partial charge in [-0.1, -0.05) is 0 Å². The summed E-state index contributed by atoms with van der Waals surface area (Å²) >= 11 is 1.30. The first kappa shape index (κ1) is 14.3. The van der Waals surface area contributed by atoms with Crippen molar-refractivity contribution in [1.29, 1.82) is 0 Å². The largest absolute Gasteiger partial charge is 0.480 e. The third kappa shape index (κ3) is 2.73. The van der Waals surface area contributed by atoms with Gasteiger partial charge in [0.15, 0.2) is 11.5 Å². The molecule has 1 atom stereocenters. The number of hydrogen-bond donors (Lipinski definition) is 2. The Balaban J connectivity index is 1.79. The van der Waals surface area contributed by atoms with E-state index in [1.165, 1.54) is 18.3 Å². The third-order valence-electron chi connectivity index (χ3n) is 3.07. The van der Waals surface area contributed by atoms with Crippen molar-refractivity contribution < 1.29 is 24.2 Å². The molecule has 2 heterocycles. The maximum absolute atomic E-state index is 11.9. The molecule has 0 fully saturated rings. The van der Waals surface area contributed by atoms with Gasteiger partial charge in [0.2, 0.25) is 6.79 Å². The van der Waals surface area contributed by atoms with Crippen LogP contribution in [-0.4, -0.2) is 34.8 Å². The van der Waals surface area contributed by atoms with Crippen LogP contribution in [0.5, 0.6) is 11.5 Å². The molecule has 0 bridgehead atoms. The standard InChI is InChI=1S/C14H12N2O5S/c1-7(14(18)19)15-12(17)9-5-22-13(16-9)8-2-3-10-11(4-8)21-6-20-10/h2-5,7H,6H2,1H3,(H,15,17)(H,18,19)/t7-/m1/s1. The number of fused-ring (bicyclic) bond motifs is 1. The molecule has 22 heavy (non-hydrogen) atoms. The molecular weight excluding hydrogens is 308 g/mol. The lowest BCUT2D eigenvalue weighted by Gasteiger charge is -2.06. The topological polar surface area (TPSA) is 97.8 Å². The van der Waals surface area contributed by atoms with Crippen molar-refractivity contribution in [3.8, 4) is 22.1 Å². The van der Waals surface area contributed by atoms with Crippen molar-refractivity contribution >= 4 is 23.2 Å². The number of aromatic nitrogens is 1. The fourth-order valence-corrected chi connectivity index (χ4v) is 2.67. The maximum Gasteiger partial charge on any atom is 0.325 e. The normalized spacial score (nSPS) is 13.7. The molecule has 2 N–H and O–H groups in total. The van der Waals surface area contributed by atoms with Gasteiger partial charge in [-0.3, -0.25) is 9.59 Å².